The van der Waals surface area contributed by atoms with Gasteiger partial charge in [-0.15, -0.1) is 11.8 Å². The molecule has 1 saturated carbocycles. The van der Waals surface area contributed by atoms with Gasteiger partial charge in [0.25, 0.3) is 0 Å². The van der Waals surface area contributed by atoms with Gasteiger partial charge in [0.2, 0.25) is 0 Å². The predicted octanol–water partition coefficient (Wildman–Crippen LogP) is 3.08. The maximum Gasteiger partial charge on any atom is 0.0540 e. The van der Waals surface area contributed by atoms with E-state index in [0.29, 0.717) is 0 Å². The highest BCUT2D eigenvalue weighted by molar-refractivity contribution is 7.98. The van der Waals surface area contributed by atoms with Crippen molar-refractivity contribution in [2.75, 3.05) is 12.0 Å². The van der Waals surface area contributed by atoms with E-state index in [2.05, 4.69) is 18.4 Å². The summed E-state index contributed by atoms with van der Waals surface area (Å²) < 4.78 is 0. The van der Waals surface area contributed by atoms with E-state index >= 15 is 0 Å². The van der Waals surface area contributed by atoms with Gasteiger partial charge in [0.05, 0.1) is 6.10 Å². The molecule has 0 aromatic heterocycles. The van der Waals surface area contributed by atoms with Crippen LogP contribution in [-0.2, 0) is 6.42 Å². The van der Waals surface area contributed by atoms with Crippen molar-refractivity contribution in [1.29, 1.82) is 0 Å². The van der Waals surface area contributed by atoms with Crippen LogP contribution in [0.3, 0.4) is 0 Å². The van der Waals surface area contributed by atoms with Crippen molar-refractivity contribution in [3.05, 3.63) is 23.8 Å². The zero-order valence-electron chi connectivity index (χ0n) is 10.4. The second kappa shape index (κ2) is 5.78. The summed E-state index contributed by atoms with van der Waals surface area (Å²) in [5, 5.41) is 9.49. The van der Waals surface area contributed by atoms with Crippen LogP contribution < -0.4 is 5.73 Å². The van der Waals surface area contributed by atoms with Gasteiger partial charge < -0.3 is 10.8 Å². The van der Waals surface area contributed by atoms with Gasteiger partial charge in [0.15, 0.2) is 0 Å². The summed E-state index contributed by atoms with van der Waals surface area (Å²) in [6, 6.07) is 6.37. The van der Waals surface area contributed by atoms with Crippen LogP contribution in [0.1, 0.15) is 31.2 Å². The van der Waals surface area contributed by atoms with Gasteiger partial charge in [0.1, 0.15) is 0 Å². The number of anilines is 1. The predicted molar refractivity (Wildman–Crippen MR) is 74.3 cm³/mol. The smallest absolute Gasteiger partial charge is 0.0540 e. The lowest BCUT2D eigenvalue weighted by Gasteiger charge is -2.25. The maximum atomic E-state index is 9.49. The molecule has 0 spiro atoms. The monoisotopic (exact) mass is 251 g/mol. The zero-order chi connectivity index (χ0) is 12.3. The van der Waals surface area contributed by atoms with Crippen LogP contribution in [0.2, 0.25) is 0 Å². The Bertz CT molecular complexity index is 372. The second-order valence-corrected chi connectivity index (χ2v) is 5.80. The van der Waals surface area contributed by atoms with Crippen LogP contribution in [-0.4, -0.2) is 17.5 Å². The highest BCUT2D eigenvalue weighted by Gasteiger charge is 2.19. The van der Waals surface area contributed by atoms with Crippen LogP contribution in [0.4, 0.5) is 5.69 Å². The first-order chi connectivity index (χ1) is 8.19. The van der Waals surface area contributed by atoms with E-state index in [1.165, 1.54) is 10.5 Å². The van der Waals surface area contributed by atoms with Gasteiger partial charge in [-0.1, -0.05) is 6.07 Å². The number of hydrogen-bond acceptors (Lipinski definition) is 3. The molecule has 94 valence electrons. The molecule has 3 N–H and O–H groups in total. The lowest BCUT2D eigenvalue weighted by molar-refractivity contribution is 0.109. The molecule has 17 heavy (non-hydrogen) atoms. The summed E-state index contributed by atoms with van der Waals surface area (Å²) >= 11 is 1.71. The van der Waals surface area contributed by atoms with Crippen molar-refractivity contribution in [3.8, 4) is 0 Å². The Morgan fingerprint density at radius 2 is 2.00 bits per heavy atom. The molecule has 0 radical (unpaired) electrons. The number of nitrogen functional groups attached to an aromatic ring is 1. The van der Waals surface area contributed by atoms with Crippen molar-refractivity contribution < 1.29 is 5.11 Å². The van der Waals surface area contributed by atoms with Crippen molar-refractivity contribution in [2.24, 2.45) is 5.92 Å². The number of nitrogens with two attached hydrogens (primary N) is 1. The van der Waals surface area contributed by atoms with Crippen LogP contribution in [0.5, 0.6) is 0 Å². The highest BCUT2D eigenvalue weighted by atomic mass is 32.2. The first-order valence-electron chi connectivity index (χ1n) is 6.29. The average Bonchev–Trinajstić information content (AvgIpc) is 2.34. The molecule has 0 aliphatic heterocycles. The van der Waals surface area contributed by atoms with Gasteiger partial charge in [-0.2, -0.15) is 0 Å². The summed E-state index contributed by atoms with van der Waals surface area (Å²) in [4.78, 5) is 1.18. The molecule has 1 aromatic carbocycles. The number of thioether (sulfide) groups is 1. The Kier molecular flexibility index (Phi) is 4.35. The van der Waals surface area contributed by atoms with E-state index in [4.69, 9.17) is 5.73 Å². The summed E-state index contributed by atoms with van der Waals surface area (Å²) in [7, 11) is 0. The maximum absolute atomic E-state index is 9.49. The molecular weight excluding hydrogens is 230 g/mol. The molecular formula is C14H21NOS. The third-order valence-corrected chi connectivity index (χ3v) is 4.43. The van der Waals surface area contributed by atoms with Crippen LogP contribution in [0.15, 0.2) is 23.1 Å². The zero-order valence-corrected chi connectivity index (χ0v) is 11.2. The number of benzene rings is 1. The fourth-order valence-electron chi connectivity index (χ4n) is 2.56. The number of aliphatic hydroxyl groups excluding tert-OH is 1. The minimum Gasteiger partial charge on any atom is -0.398 e. The Balaban J connectivity index is 1.99. The largest absolute Gasteiger partial charge is 0.398 e. The fourth-order valence-corrected chi connectivity index (χ4v) is 3.14. The lowest BCUT2D eigenvalue weighted by atomic mass is 9.83. The second-order valence-electron chi connectivity index (χ2n) is 4.95. The van der Waals surface area contributed by atoms with Crippen LogP contribution in [0.25, 0.3) is 0 Å². The molecule has 0 unspecified atom stereocenters. The molecule has 0 saturated heterocycles. The van der Waals surface area contributed by atoms with E-state index in [9.17, 15) is 5.11 Å². The Morgan fingerprint density at radius 3 is 2.65 bits per heavy atom. The first-order valence-corrected chi connectivity index (χ1v) is 7.52. The Hall–Kier alpha value is -0.670. The van der Waals surface area contributed by atoms with Gasteiger partial charge in [-0.3, -0.25) is 0 Å². The number of hydrogen-bond donors (Lipinski definition) is 2. The van der Waals surface area contributed by atoms with Crippen LogP contribution >= 0.6 is 11.8 Å². The highest BCUT2D eigenvalue weighted by Crippen LogP contribution is 2.30. The molecule has 0 amide bonds. The van der Waals surface area contributed by atoms with Crippen molar-refractivity contribution in [1.82, 2.24) is 0 Å². The standard InChI is InChI=1S/C14H21NOS/c1-17-14-9-11(4-7-13(14)15)8-10-2-5-12(16)6-3-10/h4,7,9-10,12,16H,2-3,5-6,8,15H2,1H3. The molecule has 1 aliphatic rings. The van der Waals surface area contributed by atoms with Crippen molar-refractivity contribution in [3.63, 3.8) is 0 Å². The average molecular weight is 251 g/mol. The first kappa shape index (κ1) is 12.8. The van der Waals surface area contributed by atoms with Crippen LogP contribution in [0, 0.1) is 5.92 Å². The molecule has 1 fully saturated rings. The lowest BCUT2D eigenvalue weighted by Crippen LogP contribution is -2.19. The topological polar surface area (TPSA) is 46.2 Å². The Labute approximate surface area is 108 Å². The van der Waals surface area contributed by atoms with Gasteiger partial charge in [-0.05, 0) is 62.0 Å². The summed E-state index contributed by atoms with van der Waals surface area (Å²) in [5.41, 5.74) is 8.15. The number of rotatable bonds is 3. The quantitative estimate of drug-likeness (QED) is 0.641. The van der Waals surface area contributed by atoms with Gasteiger partial charge in [-0.25, -0.2) is 0 Å². The van der Waals surface area contributed by atoms with Crippen molar-refractivity contribution >= 4 is 17.4 Å². The molecule has 1 aliphatic carbocycles. The molecule has 0 atom stereocenters. The van der Waals surface area contributed by atoms with E-state index in [1.54, 1.807) is 11.8 Å². The van der Waals surface area contributed by atoms with E-state index in [0.717, 1.165) is 43.7 Å². The summed E-state index contributed by atoms with van der Waals surface area (Å²) in [6.07, 6.45) is 7.37. The molecule has 3 heteroatoms. The summed E-state index contributed by atoms with van der Waals surface area (Å²) in [6.45, 7) is 0. The third-order valence-electron chi connectivity index (χ3n) is 3.64. The summed E-state index contributed by atoms with van der Waals surface area (Å²) in [5.74, 6) is 0.733. The SMILES string of the molecule is CSc1cc(CC2CCC(O)CC2)ccc1N. The van der Waals surface area contributed by atoms with Gasteiger partial charge in [0, 0.05) is 10.6 Å². The minimum atomic E-state index is -0.0561. The van der Waals surface area contributed by atoms with E-state index in [-0.39, 0.29) is 6.10 Å². The van der Waals surface area contributed by atoms with E-state index < -0.39 is 0 Å². The number of aliphatic hydroxyl groups is 1. The Morgan fingerprint density at radius 1 is 1.29 bits per heavy atom. The third kappa shape index (κ3) is 3.39. The van der Waals surface area contributed by atoms with Gasteiger partial charge >= 0.3 is 0 Å². The minimum absolute atomic E-state index is 0.0561. The normalized spacial score (nSPS) is 24.8. The molecule has 0 bridgehead atoms. The van der Waals surface area contributed by atoms with Crippen molar-refractivity contribution in [2.45, 2.75) is 43.1 Å². The van der Waals surface area contributed by atoms with E-state index in [1.807, 2.05) is 6.07 Å². The molecule has 0 heterocycles. The fraction of sp³-hybridized carbons (Fsp3) is 0.571. The molecule has 2 rings (SSSR count). The molecule has 1 aromatic rings. The molecule has 2 nitrogen and oxygen atoms in total.